The summed E-state index contributed by atoms with van der Waals surface area (Å²) in [5.74, 6) is -0.161. The third-order valence-corrected chi connectivity index (χ3v) is 4.31. The van der Waals surface area contributed by atoms with Gasteiger partial charge >= 0.3 is 0 Å². The highest BCUT2D eigenvalue weighted by Crippen LogP contribution is 2.32. The number of benzene rings is 1. The molecule has 2 nitrogen and oxygen atoms in total. The quantitative estimate of drug-likeness (QED) is 0.894. The molecule has 4 heteroatoms. The molecule has 2 rings (SSSR count). The van der Waals surface area contributed by atoms with Crippen molar-refractivity contribution in [2.75, 3.05) is 20.3 Å². The number of thioether (sulfide) groups is 1. The Hall–Kier alpha value is -0.580. The monoisotopic (exact) mass is 255 g/mol. The fourth-order valence-electron chi connectivity index (χ4n) is 1.96. The van der Waals surface area contributed by atoms with Crippen molar-refractivity contribution in [3.8, 4) is 0 Å². The summed E-state index contributed by atoms with van der Waals surface area (Å²) in [6, 6.07) is 5.06. The summed E-state index contributed by atoms with van der Waals surface area (Å²) in [7, 11) is 1.88. The van der Waals surface area contributed by atoms with Gasteiger partial charge in [0.2, 0.25) is 0 Å². The van der Waals surface area contributed by atoms with E-state index in [-0.39, 0.29) is 5.82 Å². The van der Waals surface area contributed by atoms with Crippen molar-refractivity contribution in [1.82, 2.24) is 5.32 Å². The molecule has 94 valence electrons. The molecule has 0 aliphatic carbocycles. The van der Waals surface area contributed by atoms with Crippen molar-refractivity contribution in [3.05, 3.63) is 29.6 Å². The van der Waals surface area contributed by atoms with Crippen LogP contribution in [0.4, 0.5) is 4.39 Å². The number of ether oxygens (including phenoxy) is 1. The van der Waals surface area contributed by atoms with Crippen molar-refractivity contribution in [1.29, 1.82) is 0 Å². The van der Waals surface area contributed by atoms with Gasteiger partial charge < -0.3 is 10.1 Å². The molecule has 0 saturated carbocycles. The summed E-state index contributed by atoms with van der Waals surface area (Å²) < 4.78 is 18.5. The van der Waals surface area contributed by atoms with E-state index in [2.05, 4.69) is 5.32 Å². The molecule has 1 saturated heterocycles. The number of nitrogens with one attached hydrogen (secondary N) is 1. The standard InChI is InChI=1S/C13H18FNOS/c1-15-9-10-8-11(14)2-3-13(10)17-12-4-6-16-7-5-12/h2-3,8,12,15H,4-7,9H2,1H3. The second-order valence-electron chi connectivity index (χ2n) is 4.21. The Morgan fingerprint density at radius 3 is 2.88 bits per heavy atom. The van der Waals surface area contributed by atoms with Gasteiger partial charge in [0.1, 0.15) is 5.82 Å². The van der Waals surface area contributed by atoms with Gasteiger partial charge in [0.05, 0.1) is 0 Å². The van der Waals surface area contributed by atoms with E-state index < -0.39 is 0 Å². The maximum absolute atomic E-state index is 13.2. The van der Waals surface area contributed by atoms with Crippen LogP contribution in [0.25, 0.3) is 0 Å². The normalized spacial score (nSPS) is 17.3. The van der Waals surface area contributed by atoms with Crippen LogP contribution in [-0.4, -0.2) is 25.5 Å². The lowest BCUT2D eigenvalue weighted by atomic mass is 10.2. The molecule has 1 aromatic rings. The van der Waals surface area contributed by atoms with E-state index in [0.717, 1.165) is 31.6 Å². The Kier molecular flexibility index (Phi) is 4.83. The van der Waals surface area contributed by atoms with Crippen LogP contribution in [-0.2, 0) is 11.3 Å². The number of halogens is 1. The summed E-state index contributed by atoms with van der Waals surface area (Å²) in [6.45, 7) is 2.41. The summed E-state index contributed by atoms with van der Waals surface area (Å²) in [6.07, 6.45) is 2.17. The molecule has 0 amide bonds. The van der Waals surface area contributed by atoms with Crippen LogP contribution in [0.3, 0.4) is 0 Å². The smallest absolute Gasteiger partial charge is 0.123 e. The van der Waals surface area contributed by atoms with Gasteiger partial charge in [0.15, 0.2) is 0 Å². The average Bonchev–Trinajstić information content (AvgIpc) is 2.34. The fraction of sp³-hybridized carbons (Fsp3) is 0.538. The molecule has 0 bridgehead atoms. The van der Waals surface area contributed by atoms with Gasteiger partial charge in [-0.15, -0.1) is 11.8 Å². The van der Waals surface area contributed by atoms with Gasteiger partial charge in [-0.2, -0.15) is 0 Å². The molecule has 0 spiro atoms. The highest BCUT2D eigenvalue weighted by Gasteiger charge is 2.16. The lowest BCUT2D eigenvalue weighted by molar-refractivity contribution is 0.1000. The first-order valence-electron chi connectivity index (χ1n) is 5.97. The first-order chi connectivity index (χ1) is 8.29. The Labute approximate surface area is 106 Å². The van der Waals surface area contributed by atoms with Crippen LogP contribution in [0.5, 0.6) is 0 Å². The van der Waals surface area contributed by atoms with Gasteiger partial charge in [-0.1, -0.05) is 0 Å². The zero-order valence-electron chi connectivity index (χ0n) is 10.0. The van der Waals surface area contributed by atoms with Crippen LogP contribution >= 0.6 is 11.8 Å². The minimum Gasteiger partial charge on any atom is -0.381 e. The van der Waals surface area contributed by atoms with E-state index in [0.29, 0.717) is 11.8 Å². The fourth-order valence-corrected chi connectivity index (χ4v) is 3.18. The Morgan fingerprint density at radius 1 is 1.41 bits per heavy atom. The van der Waals surface area contributed by atoms with Gasteiger partial charge in [-0.3, -0.25) is 0 Å². The molecule has 1 fully saturated rings. The average molecular weight is 255 g/mol. The Morgan fingerprint density at radius 2 is 2.18 bits per heavy atom. The second kappa shape index (κ2) is 6.38. The number of hydrogen-bond donors (Lipinski definition) is 1. The summed E-state index contributed by atoms with van der Waals surface area (Å²) in [5.41, 5.74) is 1.05. The largest absolute Gasteiger partial charge is 0.381 e. The molecule has 0 aromatic heterocycles. The number of hydrogen-bond acceptors (Lipinski definition) is 3. The van der Waals surface area contributed by atoms with Gasteiger partial charge in [0, 0.05) is 29.9 Å². The van der Waals surface area contributed by atoms with Crippen molar-refractivity contribution in [2.24, 2.45) is 0 Å². The van der Waals surface area contributed by atoms with E-state index in [4.69, 9.17) is 4.74 Å². The maximum Gasteiger partial charge on any atom is 0.123 e. The molecular weight excluding hydrogens is 237 g/mol. The molecule has 1 aliphatic rings. The van der Waals surface area contributed by atoms with Gasteiger partial charge in [0.25, 0.3) is 0 Å². The minimum atomic E-state index is -0.161. The molecule has 0 atom stereocenters. The van der Waals surface area contributed by atoms with E-state index >= 15 is 0 Å². The predicted octanol–water partition coefficient (Wildman–Crippen LogP) is 2.82. The molecule has 1 aliphatic heterocycles. The van der Waals surface area contributed by atoms with Crippen molar-refractivity contribution in [3.63, 3.8) is 0 Å². The summed E-state index contributed by atoms with van der Waals surface area (Å²) in [5, 5.41) is 3.69. The Balaban J connectivity index is 2.07. The first-order valence-corrected chi connectivity index (χ1v) is 6.85. The van der Waals surface area contributed by atoms with Crippen molar-refractivity contribution < 1.29 is 9.13 Å². The SMILES string of the molecule is CNCc1cc(F)ccc1SC1CCOCC1. The maximum atomic E-state index is 13.2. The third-order valence-electron chi connectivity index (χ3n) is 2.85. The van der Waals surface area contributed by atoms with Gasteiger partial charge in [-0.25, -0.2) is 4.39 Å². The van der Waals surface area contributed by atoms with E-state index in [9.17, 15) is 4.39 Å². The van der Waals surface area contributed by atoms with E-state index in [1.807, 2.05) is 24.9 Å². The lowest BCUT2D eigenvalue weighted by Gasteiger charge is -2.22. The van der Waals surface area contributed by atoms with Crippen molar-refractivity contribution in [2.45, 2.75) is 29.5 Å². The molecule has 1 N–H and O–H groups in total. The minimum absolute atomic E-state index is 0.161. The van der Waals surface area contributed by atoms with Gasteiger partial charge in [-0.05, 0) is 43.7 Å². The van der Waals surface area contributed by atoms with Crippen LogP contribution in [0, 0.1) is 5.82 Å². The van der Waals surface area contributed by atoms with Crippen LogP contribution in [0.1, 0.15) is 18.4 Å². The summed E-state index contributed by atoms with van der Waals surface area (Å²) in [4.78, 5) is 1.19. The highest BCUT2D eigenvalue weighted by atomic mass is 32.2. The summed E-state index contributed by atoms with van der Waals surface area (Å²) >= 11 is 1.85. The molecule has 1 heterocycles. The van der Waals surface area contributed by atoms with Crippen LogP contribution < -0.4 is 5.32 Å². The molecular formula is C13H18FNOS. The lowest BCUT2D eigenvalue weighted by Crippen LogP contribution is -2.17. The van der Waals surface area contributed by atoms with E-state index in [1.54, 1.807) is 12.1 Å². The third kappa shape index (κ3) is 3.69. The highest BCUT2D eigenvalue weighted by molar-refractivity contribution is 8.00. The van der Waals surface area contributed by atoms with Crippen LogP contribution in [0.2, 0.25) is 0 Å². The molecule has 0 unspecified atom stereocenters. The zero-order chi connectivity index (χ0) is 12.1. The second-order valence-corrected chi connectivity index (χ2v) is 5.55. The molecule has 17 heavy (non-hydrogen) atoms. The number of rotatable bonds is 4. The zero-order valence-corrected chi connectivity index (χ0v) is 10.9. The Bertz CT molecular complexity index is 366. The first kappa shape index (κ1) is 12.9. The van der Waals surface area contributed by atoms with Crippen LogP contribution in [0.15, 0.2) is 23.1 Å². The topological polar surface area (TPSA) is 21.3 Å². The molecule has 0 radical (unpaired) electrons. The predicted molar refractivity (Wildman–Crippen MR) is 68.9 cm³/mol. The molecule has 1 aromatic carbocycles. The van der Waals surface area contributed by atoms with Crippen molar-refractivity contribution >= 4 is 11.8 Å². The van der Waals surface area contributed by atoms with E-state index in [1.165, 1.54) is 4.90 Å².